The summed E-state index contributed by atoms with van der Waals surface area (Å²) in [6.07, 6.45) is 8.76. The summed E-state index contributed by atoms with van der Waals surface area (Å²) < 4.78 is 4.77. The summed E-state index contributed by atoms with van der Waals surface area (Å²) in [5.41, 5.74) is 1.92. The Labute approximate surface area is 175 Å². The smallest absolute Gasteiger partial charge is 0.328 e. The fourth-order valence-electron chi connectivity index (χ4n) is 3.60. The molecule has 1 rings (SSSR count). The van der Waals surface area contributed by atoms with Gasteiger partial charge in [-0.2, -0.15) is 0 Å². The average Bonchev–Trinajstić information content (AvgIpc) is 2.70. The summed E-state index contributed by atoms with van der Waals surface area (Å²) >= 11 is 0. The van der Waals surface area contributed by atoms with E-state index in [-0.39, 0.29) is 17.3 Å². The van der Waals surface area contributed by atoms with Gasteiger partial charge in [-0.05, 0) is 56.6 Å². The summed E-state index contributed by atoms with van der Waals surface area (Å²) in [5.74, 6) is -0.608. The first-order chi connectivity index (χ1) is 13.7. The molecule has 6 nitrogen and oxygen atoms in total. The molecule has 0 saturated heterocycles. The van der Waals surface area contributed by atoms with Gasteiger partial charge in [0.2, 0.25) is 0 Å². The Morgan fingerprint density at radius 1 is 1.21 bits per heavy atom. The van der Waals surface area contributed by atoms with Gasteiger partial charge in [-0.15, -0.1) is 0 Å². The number of aliphatic hydroxyl groups excluding tert-OH is 1. The number of esters is 1. The molecule has 0 aromatic heterocycles. The van der Waals surface area contributed by atoms with Crippen LogP contribution in [0.3, 0.4) is 0 Å². The van der Waals surface area contributed by atoms with Crippen molar-refractivity contribution in [1.29, 1.82) is 0 Å². The number of ether oxygens (including phenoxy) is 1. The highest BCUT2D eigenvalue weighted by Crippen LogP contribution is 2.24. The first-order valence-corrected chi connectivity index (χ1v) is 10.7. The van der Waals surface area contributed by atoms with Gasteiger partial charge in [-0.3, -0.25) is 9.79 Å². The average molecular weight is 407 g/mol. The first-order valence-electron chi connectivity index (χ1n) is 10.7. The van der Waals surface area contributed by atoms with Crippen molar-refractivity contribution < 1.29 is 19.4 Å². The van der Waals surface area contributed by atoms with Crippen molar-refractivity contribution in [2.24, 2.45) is 16.8 Å². The number of nitrogens with zero attached hydrogens (tertiary/aromatic N) is 1. The molecule has 0 aromatic rings. The van der Waals surface area contributed by atoms with E-state index in [0.717, 1.165) is 24.3 Å². The Morgan fingerprint density at radius 3 is 2.31 bits per heavy atom. The number of rotatable bonds is 9. The molecule has 1 amide bonds. The topological polar surface area (TPSA) is 88.0 Å². The predicted molar refractivity (Wildman–Crippen MR) is 117 cm³/mol. The number of methoxy groups -OCH3 is 1. The van der Waals surface area contributed by atoms with Crippen molar-refractivity contribution in [3.05, 3.63) is 23.0 Å². The van der Waals surface area contributed by atoms with Crippen LogP contribution in [0.15, 0.2) is 28.0 Å². The SMILES string of the molecule is CCC(=NCC1CCCCC1)C(C)=CC(C(=O)N[C@H](C(=O)OC)C(C)C)=C(C)O. The second kappa shape index (κ2) is 12.5. The van der Waals surface area contributed by atoms with Gasteiger partial charge in [-0.25, -0.2) is 4.79 Å². The minimum atomic E-state index is -0.777. The zero-order valence-corrected chi connectivity index (χ0v) is 18.9. The maximum absolute atomic E-state index is 12.8. The molecule has 1 saturated carbocycles. The number of aliphatic imine (C=N–C) groups is 1. The van der Waals surface area contributed by atoms with Crippen LogP contribution < -0.4 is 5.32 Å². The van der Waals surface area contributed by atoms with Gasteiger partial charge in [0.05, 0.1) is 12.7 Å². The normalized spacial score (nSPS) is 18.3. The molecule has 29 heavy (non-hydrogen) atoms. The number of carbonyl (C=O) groups is 2. The lowest BCUT2D eigenvalue weighted by atomic mass is 9.89. The molecule has 0 unspecified atom stereocenters. The molecular formula is C23H38N2O4. The zero-order chi connectivity index (χ0) is 22.0. The molecule has 0 bridgehead atoms. The van der Waals surface area contributed by atoms with E-state index in [0.29, 0.717) is 5.92 Å². The number of hydrogen-bond acceptors (Lipinski definition) is 5. The molecule has 0 heterocycles. The number of allylic oxidation sites excluding steroid dienone is 2. The minimum Gasteiger partial charge on any atom is -0.512 e. The Hall–Kier alpha value is -2.11. The Balaban J connectivity index is 2.98. The van der Waals surface area contributed by atoms with Crippen LogP contribution in [-0.4, -0.2) is 42.4 Å². The third kappa shape index (κ3) is 8.03. The van der Waals surface area contributed by atoms with Gasteiger partial charge in [0.25, 0.3) is 5.91 Å². The Morgan fingerprint density at radius 2 is 1.83 bits per heavy atom. The zero-order valence-electron chi connectivity index (χ0n) is 18.9. The van der Waals surface area contributed by atoms with E-state index in [1.54, 1.807) is 6.08 Å². The quantitative estimate of drug-likeness (QED) is 0.194. The van der Waals surface area contributed by atoms with Crippen LogP contribution in [0.4, 0.5) is 0 Å². The molecular weight excluding hydrogens is 368 g/mol. The van der Waals surface area contributed by atoms with Crippen LogP contribution >= 0.6 is 0 Å². The molecule has 164 valence electrons. The van der Waals surface area contributed by atoms with Crippen molar-refractivity contribution in [3.8, 4) is 0 Å². The number of carbonyl (C=O) groups excluding carboxylic acids is 2. The van der Waals surface area contributed by atoms with E-state index in [1.165, 1.54) is 46.1 Å². The van der Waals surface area contributed by atoms with Gasteiger partial charge in [-0.1, -0.05) is 40.0 Å². The van der Waals surface area contributed by atoms with Gasteiger partial charge in [0.1, 0.15) is 11.8 Å². The first kappa shape index (κ1) is 24.9. The number of amides is 1. The summed E-state index contributed by atoms with van der Waals surface area (Å²) in [6, 6.07) is -0.777. The summed E-state index contributed by atoms with van der Waals surface area (Å²) in [4.78, 5) is 29.5. The van der Waals surface area contributed by atoms with Gasteiger partial charge in [0.15, 0.2) is 0 Å². The highest BCUT2D eigenvalue weighted by molar-refractivity contribution is 6.04. The maximum Gasteiger partial charge on any atom is 0.328 e. The monoisotopic (exact) mass is 406 g/mol. The molecule has 1 fully saturated rings. The standard InChI is InChI=1S/C23H38N2O4/c1-7-20(24-14-18-11-9-8-10-12-18)16(4)13-19(17(5)26)22(27)25-21(15(2)3)23(28)29-6/h13,15,18,21,26H,7-12,14H2,1-6H3,(H,25,27)/t21-/m0/s1. The van der Waals surface area contributed by atoms with Crippen molar-refractivity contribution in [1.82, 2.24) is 5.32 Å². The fraction of sp³-hybridized carbons (Fsp3) is 0.696. The highest BCUT2D eigenvalue weighted by Gasteiger charge is 2.26. The number of hydrogen-bond donors (Lipinski definition) is 2. The highest BCUT2D eigenvalue weighted by atomic mass is 16.5. The van der Waals surface area contributed by atoms with E-state index in [1.807, 2.05) is 27.7 Å². The Bertz CT molecular complexity index is 652. The molecule has 6 heteroatoms. The minimum absolute atomic E-state index is 0.100. The van der Waals surface area contributed by atoms with Crippen molar-refractivity contribution >= 4 is 17.6 Å². The summed E-state index contributed by atoms with van der Waals surface area (Å²) in [5, 5.41) is 12.8. The summed E-state index contributed by atoms with van der Waals surface area (Å²) in [7, 11) is 1.29. The van der Waals surface area contributed by atoms with Crippen molar-refractivity contribution in [2.45, 2.75) is 79.2 Å². The van der Waals surface area contributed by atoms with Crippen LogP contribution in [0.1, 0.15) is 73.1 Å². The van der Waals surface area contributed by atoms with Crippen LogP contribution in [0.2, 0.25) is 0 Å². The number of nitrogens with one attached hydrogen (secondary N) is 1. The molecule has 1 aliphatic rings. The molecule has 0 aliphatic heterocycles. The van der Waals surface area contributed by atoms with Crippen molar-refractivity contribution in [3.63, 3.8) is 0 Å². The summed E-state index contributed by atoms with van der Waals surface area (Å²) in [6.45, 7) is 9.87. The number of aliphatic hydroxyl groups is 1. The largest absolute Gasteiger partial charge is 0.512 e. The van der Waals surface area contributed by atoms with Crippen LogP contribution in [0, 0.1) is 11.8 Å². The molecule has 1 atom stereocenters. The third-order valence-corrected chi connectivity index (χ3v) is 5.46. The van der Waals surface area contributed by atoms with E-state index >= 15 is 0 Å². The molecule has 0 radical (unpaired) electrons. The maximum atomic E-state index is 12.8. The molecule has 0 aromatic carbocycles. The van der Waals surface area contributed by atoms with Crippen LogP contribution in [0.25, 0.3) is 0 Å². The van der Waals surface area contributed by atoms with Crippen LogP contribution in [-0.2, 0) is 14.3 Å². The molecule has 2 N–H and O–H groups in total. The lowest BCUT2D eigenvalue weighted by Gasteiger charge is -2.21. The fourth-order valence-corrected chi connectivity index (χ4v) is 3.60. The predicted octanol–water partition coefficient (Wildman–Crippen LogP) is 4.51. The second-order valence-corrected chi connectivity index (χ2v) is 8.19. The van der Waals surface area contributed by atoms with E-state index in [2.05, 4.69) is 5.32 Å². The molecule has 1 aliphatic carbocycles. The lowest BCUT2D eigenvalue weighted by molar-refractivity contribution is -0.145. The lowest BCUT2D eigenvalue weighted by Crippen LogP contribution is -2.45. The van der Waals surface area contributed by atoms with Crippen LogP contribution in [0.5, 0.6) is 0 Å². The Kier molecular flexibility index (Phi) is 10.7. The van der Waals surface area contributed by atoms with E-state index in [4.69, 9.17) is 9.73 Å². The van der Waals surface area contributed by atoms with Gasteiger partial charge < -0.3 is 15.2 Å². The van der Waals surface area contributed by atoms with Crippen molar-refractivity contribution in [2.75, 3.05) is 13.7 Å². The second-order valence-electron chi connectivity index (χ2n) is 8.19. The molecule has 0 spiro atoms. The van der Waals surface area contributed by atoms with Gasteiger partial charge in [0, 0.05) is 12.3 Å². The van der Waals surface area contributed by atoms with E-state index in [9.17, 15) is 14.7 Å². The van der Waals surface area contributed by atoms with E-state index < -0.39 is 17.9 Å². The van der Waals surface area contributed by atoms with Gasteiger partial charge >= 0.3 is 5.97 Å². The third-order valence-electron chi connectivity index (χ3n) is 5.46.